The Morgan fingerprint density at radius 3 is 2.78 bits per heavy atom. The quantitative estimate of drug-likeness (QED) is 0.765. The summed E-state index contributed by atoms with van der Waals surface area (Å²) in [6.07, 6.45) is 2.56. The Hall–Kier alpha value is -2.16. The van der Waals surface area contributed by atoms with E-state index in [0.717, 1.165) is 12.1 Å². The van der Waals surface area contributed by atoms with Gasteiger partial charge in [-0.2, -0.15) is 0 Å². The number of hydrogen-bond donors (Lipinski definition) is 0. The molecule has 0 saturated heterocycles. The molecule has 0 fully saturated rings. The average Bonchev–Trinajstić information content (AvgIpc) is 2.75. The zero-order valence-corrected chi connectivity index (χ0v) is 10.2. The van der Waals surface area contributed by atoms with Gasteiger partial charge in [-0.1, -0.05) is 24.3 Å². The summed E-state index contributed by atoms with van der Waals surface area (Å²) >= 11 is 0. The smallest absolute Gasteiger partial charge is 0.277 e. The first-order valence-corrected chi connectivity index (χ1v) is 6.10. The summed E-state index contributed by atoms with van der Waals surface area (Å²) in [6.45, 7) is 2.07. The molecule has 1 aromatic carbocycles. The number of benzene rings is 1. The first-order valence-electron chi connectivity index (χ1n) is 6.10. The Balaban J connectivity index is 2.00. The van der Waals surface area contributed by atoms with E-state index >= 15 is 0 Å². The van der Waals surface area contributed by atoms with Gasteiger partial charge in [0.25, 0.3) is 5.91 Å². The molecule has 1 amide bonds. The normalized spacial score (nSPS) is 17.6. The lowest BCUT2D eigenvalue weighted by molar-refractivity contribution is 0.0976. The minimum Gasteiger partial charge on any atom is -0.304 e. The molecule has 0 radical (unpaired) electrons. The molecule has 0 spiro atoms. The van der Waals surface area contributed by atoms with Crippen LogP contribution in [0.2, 0.25) is 0 Å². The van der Waals surface area contributed by atoms with Crippen molar-refractivity contribution in [3.05, 3.63) is 59.9 Å². The third-order valence-corrected chi connectivity index (χ3v) is 3.31. The Morgan fingerprint density at radius 1 is 1.22 bits per heavy atom. The topological polar surface area (TPSA) is 33.2 Å². The molecule has 2 aromatic rings. The first kappa shape index (κ1) is 11.0. The fraction of sp³-hybridized carbons (Fsp3) is 0.200. The van der Waals surface area contributed by atoms with Crippen LogP contribution in [0.1, 0.15) is 23.0 Å². The molecule has 3 heteroatoms. The van der Waals surface area contributed by atoms with Crippen molar-refractivity contribution in [1.29, 1.82) is 0 Å². The highest BCUT2D eigenvalue weighted by molar-refractivity contribution is 6.06. The van der Waals surface area contributed by atoms with Crippen molar-refractivity contribution in [3.63, 3.8) is 0 Å². The molecule has 1 aliphatic rings. The SMILES string of the molecule is CC1Cc2ccccc2N1C(=O)c1ccccn1. The van der Waals surface area contributed by atoms with Crippen LogP contribution in [0.15, 0.2) is 48.7 Å². The molecule has 1 aliphatic heterocycles. The van der Waals surface area contributed by atoms with E-state index in [1.54, 1.807) is 12.3 Å². The van der Waals surface area contributed by atoms with E-state index in [9.17, 15) is 4.79 Å². The number of carbonyl (C=O) groups is 1. The fourth-order valence-corrected chi connectivity index (χ4v) is 2.49. The standard InChI is InChI=1S/C15H14N2O/c1-11-10-12-6-2-3-8-14(12)17(11)15(18)13-7-4-5-9-16-13/h2-9,11H,10H2,1H3. The highest BCUT2D eigenvalue weighted by Crippen LogP contribution is 2.32. The molecule has 3 nitrogen and oxygen atoms in total. The van der Waals surface area contributed by atoms with Crippen LogP contribution in [-0.4, -0.2) is 16.9 Å². The summed E-state index contributed by atoms with van der Waals surface area (Å²) in [7, 11) is 0. The number of pyridine rings is 1. The number of anilines is 1. The van der Waals surface area contributed by atoms with Crippen LogP contribution in [0.25, 0.3) is 0 Å². The van der Waals surface area contributed by atoms with Crippen molar-refractivity contribution in [2.75, 3.05) is 4.90 Å². The summed E-state index contributed by atoms with van der Waals surface area (Å²) in [5, 5.41) is 0. The number of fused-ring (bicyclic) bond motifs is 1. The fourth-order valence-electron chi connectivity index (χ4n) is 2.49. The van der Waals surface area contributed by atoms with Gasteiger partial charge in [-0.25, -0.2) is 0 Å². The van der Waals surface area contributed by atoms with Gasteiger partial charge in [0.1, 0.15) is 5.69 Å². The maximum absolute atomic E-state index is 12.5. The maximum Gasteiger partial charge on any atom is 0.277 e. The molecule has 1 atom stereocenters. The molecule has 2 heterocycles. The van der Waals surface area contributed by atoms with Gasteiger partial charge in [0, 0.05) is 17.9 Å². The van der Waals surface area contributed by atoms with Crippen LogP contribution in [0.3, 0.4) is 0 Å². The lowest BCUT2D eigenvalue weighted by Crippen LogP contribution is -2.36. The van der Waals surface area contributed by atoms with Gasteiger partial charge >= 0.3 is 0 Å². The van der Waals surface area contributed by atoms with Crippen LogP contribution >= 0.6 is 0 Å². The highest BCUT2D eigenvalue weighted by atomic mass is 16.2. The molecule has 1 unspecified atom stereocenters. The molecule has 0 bridgehead atoms. The van der Waals surface area contributed by atoms with E-state index in [2.05, 4.69) is 18.0 Å². The summed E-state index contributed by atoms with van der Waals surface area (Å²) < 4.78 is 0. The summed E-state index contributed by atoms with van der Waals surface area (Å²) in [5.74, 6) is -0.0203. The third kappa shape index (κ3) is 1.68. The van der Waals surface area contributed by atoms with Crippen molar-refractivity contribution in [1.82, 2.24) is 4.98 Å². The number of hydrogen-bond acceptors (Lipinski definition) is 2. The number of amides is 1. The minimum atomic E-state index is -0.0203. The van der Waals surface area contributed by atoms with Crippen molar-refractivity contribution < 1.29 is 4.79 Å². The van der Waals surface area contributed by atoms with E-state index in [-0.39, 0.29) is 11.9 Å². The van der Waals surface area contributed by atoms with Crippen molar-refractivity contribution in [2.45, 2.75) is 19.4 Å². The Bertz CT molecular complexity index is 580. The van der Waals surface area contributed by atoms with E-state index in [4.69, 9.17) is 0 Å². The van der Waals surface area contributed by atoms with E-state index in [1.807, 2.05) is 35.2 Å². The largest absolute Gasteiger partial charge is 0.304 e. The lowest BCUT2D eigenvalue weighted by Gasteiger charge is -2.22. The van der Waals surface area contributed by atoms with Crippen LogP contribution in [0.5, 0.6) is 0 Å². The second kappa shape index (κ2) is 4.26. The van der Waals surface area contributed by atoms with E-state index in [0.29, 0.717) is 5.69 Å². The van der Waals surface area contributed by atoms with Crippen LogP contribution in [0, 0.1) is 0 Å². The molecule has 18 heavy (non-hydrogen) atoms. The van der Waals surface area contributed by atoms with Gasteiger partial charge in [0.05, 0.1) is 0 Å². The number of nitrogens with zero attached hydrogens (tertiary/aromatic N) is 2. The van der Waals surface area contributed by atoms with Gasteiger partial charge in [0.2, 0.25) is 0 Å². The van der Waals surface area contributed by atoms with E-state index in [1.165, 1.54) is 5.56 Å². The predicted octanol–water partition coefficient (Wildman–Crippen LogP) is 2.67. The number of carbonyl (C=O) groups excluding carboxylic acids is 1. The molecule has 0 saturated carbocycles. The zero-order valence-electron chi connectivity index (χ0n) is 10.2. The highest BCUT2D eigenvalue weighted by Gasteiger charge is 2.31. The van der Waals surface area contributed by atoms with Crippen LogP contribution in [0.4, 0.5) is 5.69 Å². The summed E-state index contributed by atoms with van der Waals surface area (Å²) in [5.41, 5.74) is 2.75. The number of aromatic nitrogens is 1. The van der Waals surface area contributed by atoms with Crippen molar-refractivity contribution >= 4 is 11.6 Å². The lowest BCUT2D eigenvalue weighted by atomic mass is 10.1. The minimum absolute atomic E-state index is 0.0203. The number of para-hydroxylation sites is 1. The van der Waals surface area contributed by atoms with Gasteiger partial charge < -0.3 is 4.90 Å². The molecular formula is C15H14N2O. The Labute approximate surface area is 106 Å². The molecule has 1 aromatic heterocycles. The Morgan fingerprint density at radius 2 is 2.00 bits per heavy atom. The molecule has 0 N–H and O–H groups in total. The second-order valence-corrected chi connectivity index (χ2v) is 4.57. The van der Waals surface area contributed by atoms with Gasteiger partial charge in [-0.05, 0) is 37.1 Å². The monoisotopic (exact) mass is 238 g/mol. The maximum atomic E-state index is 12.5. The van der Waals surface area contributed by atoms with Gasteiger partial charge in [-0.3, -0.25) is 9.78 Å². The second-order valence-electron chi connectivity index (χ2n) is 4.57. The van der Waals surface area contributed by atoms with Crippen molar-refractivity contribution in [3.8, 4) is 0 Å². The third-order valence-electron chi connectivity index (χ3n) is 3.31. The first-order chi connectivity index (χ1) is 8.77. The molecule has 0 aliphatic carbocycles. The molecule has 90 valence electrons. The van der Waals surface area contributed by atoms with Crippen LogP contribution in [-0.2, 0) is 6.42 Å². The van der Waals surface area contributed by atoms with Gasteiger partial charge in [0.15, 0.2) is 0 Å². The van der Waals surface area contributed by atoms with E-state index < -0.39 is 0 Å². The predicted molar refractivity (Wildman–Crippen MR) is 70.7 cm³/mol. The van der Waals surface area contributed by atoms with Crippen molar-refractivity contribution in [2.24, 2.45) is 0 Å². The van der Waals surface area contributed by atoms with Gasteiger partial charge in [-0.15, -0.1) is 0 Å². The summed E-state index contributed by atoms with van der Waals surface area (Å²) in [4.78, 5) is 18.5. The number of rotatable bonds is 1. The Kier molecular flexibility index (Phi) is 2.59. The average molecular weight is 238 g/mol. The molecular weight excluding hydrogens is 224 g/mol. The zero-order chi connectivity index (χ0) is 12.5. The summed E-state index contributed by atoms with van der Waals surface area (Å²) in [6, 6.07) is 13.7. The van der Waals surface area contributed by atoms with Crippen LogP contribution < -0.4 is 4.90 Å². The molecule has 3 rings (SSSR count).